The zero-order valence-corrected chi connectivity index (χ0v) is 5.25. The molecule has 0 unspecified atom stereocenters. The number of hydrogen-bond donors (Lipinski definition) is 0. The Kier molecular flexibility index (Phi) is 2.31. The predicted molar refractivity (Wildman–Crippen MR) is 33.9 cm³/mol. The average molecular weight is 126 g/mol. The summed E-state index contributed by atoms with van der Waals surface area (Å²) < 4.78 is 4.75. The lowest BCUT2D eigenvalue weighted by atomic mass is 10.1. The standard InChI is InChI=1S/C7H10O2/c8-6-9-7-4-2-1-3-5-7/h1-2,6-7H,3-5H2/t7-/m0/s1. The van der Waals surface area contributed by atoms with Crippen molar-refractivity contribution in [2.75, 3.05) is 0 Å². The van der Waals surface area contributed by atoms with Crippen molar-refractivity contribution in [3.05, 3.63) is 12.2 Å². The van der Waals surface area contributed by atoms with Crippen molar-refractivity contribution >= 4 is 6.47 Å². The van der Waals surface area contributed by atoms with Crippen LogP contribution in [0.15, 0.2) is 12.2 Å². The normalized spacial score (nSPS) is 25.6. The van der Waals surface area contributed by atoms with Crippen LogP contribution in [0.4, 0.5) is 0 Å². The van der Waals surface area contributed by atoms with E-state index in [-0.39, 0.29) is 6.10 Å². The van der Waals surface area contributed by atoms with Gasteiger partial charge in [-0.25, -0.2) is 0 Å². The third-order valence-electron chi connectivity index (χ3n) is 1.47. The number of hydrogen-bond acceptors (Lipinski definition) is 2. The van der Waals surface area contributed by atoms with Gasteiger partial charge in [0.25, 0.3) is 6.47 Å². The molecule has 9 heavy (non-hydrogen) atoms. The number of carbonyl (C=O) groups is 1. The largest absolute Gasteiger partial charge is 0.464 e. The molecule has 2 nitrogen and oxygen atoms in total. The van der Waals surface area contributed by atoms with Crippen LogP contribution in [0.5, 0.6) is 0 Å². The maximum absolute atomic E-state index is 9.83. The third kappa shape index (κ3) is 1.88. The zero-order valence-electron chi connectivity index (χ0n) is 5.25. The van der Waals surface area contributed by atoms with Crippen LogP contribution in [0, 0.1) is 0 Å². The van der Waals surface area contributed by atoms with E-state index in [9.17, 15) is 4.79 Å². The molecule has 0 spiro atoms. The smallest absolute Gasteiger partial charge is 0.293 e. The van der Waals surface area contributed by atoms with Crippen LogP contribution in [0.2, 0.25) is 0 Å². The van der Waals surface area contributed by atoms with E-state index < -0.39 is 0 Å². The summed E-state index contributed by atoms with van der Waals surface area (Å²) in [4.78, 5) is 9.83. The van der Waals surface area contributed by atoms with Crippen LogP contribution in [-0.4, -0.2) is 12.6 Å². The highest BCUT2D eigenvalue weighted by Gasteiger charge is 2.08. The topological polar surface area (TPSA) is 26.3 Å². The summed E-state index contributed by atoms with van der Waals surface area (Å²) in [5.74, 6) is 0. The van der Waals surface area contributed by atoms with E-state index in [0.29, 0.717) is 6.47 Å². The number of carbonyl (C=O) groups excluding carboxylic acids is 1. The van der Waals surface area contributed by atoms with Crippen LogP contribution in [-0.2, 0) is 9.53 Å². The molecule has 1 rings (SSSR count). The van der Waals surface area contributed by atoms with E-state index in [1.54, 1.807) is 0 Å². The SMILES string of the molecule is O=CO[C@H]1CC=CCC1. The van der Waals surface area contributed by atoms with Gasteiger partial charge in [0.1, 0.15) is 6.10 Å². The van der Waals surface area contributed by atoms with Crippen molar-refractivity contribution in [3.63, 3.8) is 0 Å². The van der Waals surface area contributed by atoms with Gasteiger partial charge in [0.15, 0.2) is 0 Å². The first-order chi connectivity index (χ1) is 4.43. The maximum atomic E-state index is 9.83. The fourth-order valence-corrected chi connectivity index (χ4v) is 0.968. The van der Waals surface area contributed by atoms with Crippen molar-refractivity contribution in [2.24, 2.45) is 0 Å². The fraction of sp³-hybridized carbons (Fsp3) is 0.571. The predicted octanol–water partition coefficient (Wildman–Crippen LogP) is 1.27. The summed E-state index contributed by atoms with van der Waals surface area (Å²) in [6.45, 7) is 0.532. The zero-order chi connectivity index (χ0) is 6.53. The lowest BCUT2D eigenvalue weighted by molar-refractivity contribution is -0.133. The summed E-state index contributed by atoms with van der Waals surface area (Å²) >= 11 is 0. The van der Waals surface area contributed by atoms with E-state index in [4.69, 9.17) is 4.74 Å². The van der Waals surface area contributed by atoms with E-state index >= 15 is 0 Å². The van der Waals surface area contributed by atoms with Crippen molar-refractivity contribution in [3.8, 4) is 0 Å². The van der Waals surface area contributed by atoms with Gasteiger partial charge in [0.05, 0.1) is 0 Å². The molecule has 0 aromatic carbocycles. The van der Waals surface area contributed by atoms with Gasteiger partial charge < -0.3 is 4.74 Å². The first-order valence-corrected chi connectivity index (χ1v) is 3.17. The number of ether oxygens (including phenoxy) is 1. The van der Waals surface area contributed by atoms with Crippen LogP contribution < -0.4 is 0 Å². The summed E-state index contributed by atoms with van der Waals surface area (Å²) in [6.07, 6.45) is 7.22. The second-order valence-corrected chi connectivity index (χ2v) is 2.14. The highest BCUT2D eigenvalue weighted by Crippen LogP contribution is 2.12. The molecule has 0 heterocycles. The monoisotopic (exact) mass is 126 g/mol. The molecule has 50 valence electrons. The van der Waals surface area contributed by atoms with E-state index in [0.717, 1.165) is 19.3 Å². The summed E-state index contributed by atoms with van der Waals surface area (Å²) in [7, 11) is 0. The lowest BCUT2D eigenvalue weighted by Gasteiger charge is -2.14. The summed E-state index contributed by atoms with van der Waals surface area (Å²) in [6, 6.07) is 0. The molecule has 0 bridgehead atoms. The Morgan fingerprint density at radius 3 is 3.00 bits per heavy atom. The van der Waals surface area contributed by atoms with Gasteiger partial charge in [0.2, 0.25) is 0 Å². The minimum absolute atomic E-state index is 0.146. The maximum Gasteiger partial charge on any atom is 0.293 e. The first-order valence-electron chi connectivity index (χ1n) is 3.17. The molecule has 1 aliphatic rings. The van der Waals surface area contributed by atoms with Crippen LogP contribution in [0.1, 0.15) is 19.3 Å². The Morgan fingerprint density at radius 2 is 2.44 bits per heavy atom. The average Bonchev–Trinajstić information content (AvgIpc) is 1.91. The first kappa shape index (κ1) is 6.33. The second kappa shape index (κ2) is 3.28. The molecule has 0 saturated carbocycles. The van der Waals surface area contributed by atoms with Gasteiger partial charge in [-0.05, 0) is 12.8 Å². The highest BCUT2D eigenvalue weighted by molar-refractivity contribution is 5.37. The number of allylic oxidation sites excluding steroid dienone is 1. The molecule has 1 aliphatic carbocycles. The van der Waals surface area contributed by atoms with Crippen molar-refractivity contribution in [2.45, 2.75) is 25.4 Å². The summed E-state index contributed by atoms with van der Waals surface area (Å²) in [5.41, 5.74) is 0. The molecule has 0 radical (unpaired) electrons. The third-order valence-corrected chi connectivity index (χ3v) is 1.47. The molecule has 0 aromatic rings. The molecule has 1 atom stereocenters. The molecule has 2 heteroatoms. The fourth-order valence-electron chi connectivity index (χ4n) is 0.968. The quantitative estimate of drug-likeness (QED) is 0.411. The van der Waals surface area contributed by atoms with Gasteiger partial charge in [-0.2, -0.15) is 0 Å². The van der Waals surface area contributed by atoms with E-state index in [1.165, 1.54) is 0 Å². The lowest BCUT2D eigenvalue weighted by Crippen LogP contribution is -2.12. The van der Waals surface area contributed by atoms with Crippen molar-refractivity contribution in [1.82, 2.24) is 0 Å². The Balaban J connectivity index is 2.26. The van der Waals surface area contributed by atoms with Gasteiger partial charge in [-0.1, -0.05) is 12.2 Å². The minimum atomic E-state index is 0.146. The molecule has 0 aliphatic heterocycles. The summed E-state index contributed by atoms with van der Waals surface area (Å²) in [5, 5.41) is 0. The van der Waals surface area contributed by atoms with E-state index in [1.807, 2.05) is 0 Å². The Labute approximate surface area is 54.5 Å². The molecular weight excluding hydrogens is 116 g/mol. The Bertz CT molecular complexity index is 118. The van der Waals surface area contributed by atoms with Gasteiger partial charge in [-0.15, -0.1) is 0 Å². The molecular formula is C7H10O2. The highest BCUT2D eigenvalue weighted by atomic mass is 16.5. The minimum Gasteiger partial charge on any atom is -0.464 e. The molecule has 0 N–H and O–H groups in total. The van der Waals surface area contributed by atoms with Crippen LogP contribution >= 0.6 is 0 Å². The number of rotatable bonds is 2. The molecule has 0 fully saturated rings. The van der Waals surface area contributed by atoms with Crippen molar-refractivity contribution in [1.29, 1.82) is 0 Å². The van der Waals surface area contributed by atoms with Crippen LogP contribution in [0.3, 0.4) is 0 Å². The van der Waals surface area contributed by atoms with Gasteiger partial charge in [0, 0.05) is 6.42 Å². The Hall–Kier alpha value is -0.790. The molecule has 0 aromatic heterocycles. The molecule has 0 amide bonds. The van der Waals surface area contributed by atoms with Gasteiger partial charge >= 0.3 is 0 Å². The van der Waals surface area contributed by atoms with Crippen LogP contribution in [0.25, 0.3) is 0 Å². The second-order valence-electron chi connectivity index (χ2n) is 2.14. The van der Waals surface area contributed by atoms with E-state index in [2.05, 4.69) is 12.2 Å². The Morgan fingerprint density at radius 1 is 1.56 bits per heavy atom. The molecule has 0 saturated heterocycles. The van der Waals surface area contributed by atoms with Crippen molar-refractivity contribution < 1.29 is 9.53 Å². The van der Waals surface area contributed by atoms with Gasteiger partial charge in [-0.3, -0.25) is 4.79 Å².